The quantitative estimate of drug-likeness (QED) is 0.616. The Labute approximate surface area is 164 Å². The molecule has 0 radical (unpaired) electrons. The molecule has 0 atom stereocenters. The lowest BCUT2D eigenvalue weighted by Crippen LogP contribution is -2.13. The van der Waals surface area contributed by atoms with Gasteiger partial charge in [-0.3, -0.25) is 0 Å². The van der Waals surface area contributed by atoms with Crippen molar-refractivity contribution in [2.45, 2.75) is 13.1 Å². The lowest BCUT2D eigenvalue weighted by atomic mass is 10.1. The first-order chi connectivity index (χ1) is 12.0. The maximum absolute atomic E-state index is 10.8. The van der Waals surface area contributed by atoms with E-state index in [1.807, 2.05) is 12.1 Å². The Morgan fingerprint density at radius 1 is 1.23 bits per heavy atom. The zero-order chi connectivity index (χ0) is 18.2. The van der Waals surface area contributed by atoms with E-state index in [0.29, 0.717) is 36.2 Å². The molecule has 2 rings (SSSR count). The first-order valence-corrected chi connectivity index (χ1v) is 8.06. The van der Waals surface area contributed by atoms with Crippen LogP contribution in [0.3, 0.4) is 0 Å². The lowest BCUT2D eigenvalue weighted by molar-refractivity contribution is 0.0697. The van der Waals surface area contributed by atoms with Gasteiger partial charge >= 0.3 is 5.97 Å². The summed E-state index contributed by atoms with van der Waals surface area (Å²) >= 11 is 6.27. The summed E-state index contributed by atoms with van der Waals surface area (Å²) in [7, 11) is 1.56. The van der Waals surface area contributed by atoms with Gasteiger partial charge in [0.25, 0.3) is 0 Å². The molecule has 0 spiro atoms. The summed E-state index contributed by atoms with van der Waals surface area (Å²) in [6.45, 7) is 5.15. The Morgan fingerprint density at radius 2 is 1.88 bits per heavy atom. The molecule has 0 bridgehead atoms. The van der Waals surface area contributed by atoms with E-state index in [4.69, 9.17) is 26.2 Å². The maximum atomic E-state index is 10.8. The second-order valence-electron chi connectivity index (χ2n) is 5.31. The highest BCUT2D eigenvalue weighted by atomic mass is 35.5. The maximum Gasteiger partial charge on any atom is 0.335 e. The number of methoxy groups -OCH3 is 1. The van der Waals surface area contributed by atoms with E-state index >= 15 is 0 Å². The van der Waals surface area contributed by atoms with Crippen LogP contribution in [0.15, 0.2) is 49.1 Å². The number of hydrogen-bond acceptors (Lipinski definition) is 4. The zero-order valence-corrected chi connectivity index (χ0v) is 15.9. The Hall–Kier alpha value is -2.21. The number of carboxylic acid groups (broad SMARTS) is 1. The molecule has 5 nitrogen and oxygen atoms in total. The highest BCUT2D eigenvalue weighted by Gasteiger charge is 2.11. The molecule has 0 amide bonds. The van der Waals surface area contributed by atoms with E-state index in [2.05, 4.69) is 11.9 Å². The van der Waals surface area contributed by atoms with Crippen molar-refractivity contribution in [1.29, 1.82) is 0 Å². The average Bonchev–Trinajstić information content (AvgIpc) is 2.61. The highest BCUT2D eigenvalue weighted by Crippen LogP contribution is 2.36. The fraction of sp³-hybridized carbons (Fsp3) is 0.211. The standard InChI is InChI=1S/C19H20ClNO4.ClH/c1-3-8-25-18-16(20)9-14(10-17(18)24-2)12-21-11-13-4-6-15(7-5-13)19(22)23;/h3-7,9-10,21H,1,8,11-12H2,2H3,(H,22,23);1H. The molecule has 0 aliphatic rings. The van der Waals surface area contributed by atoms with Crippen LogP contribution in [0.5, 0.6) is 11.5 Å². The van der Waals surface area contributed by atoms with Crippen LogP contribution in [0.1, 0.15) is 21.5 Å². The number of benzene rings is 2. The second kappa shape index (κ2) is 10.7. The van der Waals surface area contributed by atoms with Crippen molar-refractivity contribution in [3.05, 3.63) is 70.8 Å². The molecule has 2 N–H and O–H groups in total. The third-order valence-electron chi connectivity index (χ3n) is 3.49. The number of nitrogens with one attached hydrogen (secondary N) is 1. The summed E-state index contributed by atoms with van der Waals surface area (Å²) < 4.78 is 10.9. The van der Waals surface area contributed by atoms with Crippen LogP contribution in [0.4, 0.5) is 0 Å². The molecule has 2 aromatic carbocycles. The molecule has 0 aromatic heterocycles. The van der Waals surface area contributed by atoms with Gasteiger partial charge in [-0.2, -0.15) is 0 Å². The van der Waals surface area contributed by atoms with Gasteiger partial charge in [-0.05, 0) is 35.4 Å². The minimum absolute atomic E-state index is 0. The van der Waals surface area contributed by atoms with E-state index < -0.39 is 5.97 Å². The molecule has 0 heterocycles. The van der Waals surface area contributed by atoms with Crippen molar-refractivity contribution in [1.82, 2.24) is 5.32 Å². The van der Waals surface area contributed by atoms with Crippen LogP contribution in [-0.2, 0) is 13.1 Å². The molecule has 0 aliphatic carbocycles. The number of rotatable bonds is 9. The van der Waals surface area contributed by atoms with E-state index in [1.54, 1.807) is 37.5 Å². The van der Waals surface area contributed by atoms with Crippen molar-refractivity contribution >= 4 is 30.0 Å². The van der Waals surface area contributed by atoms with E-state index in [1.165, 1.54) is 0 Å². The molecule has 2 aromatic rings. The number of aromatic carboxylic acids is 1. The predicted octanol–water partition coefficient (Wildman–Crippen LogP) is 4.32. The van der Waals surface area contributed by atoms with Crippen molar-refractivity contribution in [3.8, 4) is 11.5 Å². The van der Waals surface area contributed by atoms with Gasteiger partial charge in [0.05, 0.1) is 17.7 Å². The van der Waals surface area contributed by atoms with Gasteiger partial charge in [0.2, 0.25) is 0 Å². The molecule has 0 unspecified atom stereocenters. The van der Waals surface area contributed by atoms with Crippen LogP contribution in [0, 0.1) is 0 Å². The largest absolute Gasteiger partial charge is 0.493 e. The molecule has 26 heavy (non-hydrogen) atoms. The van der Waals surface area contributed by atoms with Crippen LogP contribution >= 0.6 is 24.0 Å². The Bertz CT molecular complexity index is 748. The fourth-order valence-electron chi connectivity index (χ4n) is 2.27. The first-order valence-electron chi connectivity index (χ1n) is 7.68. The molecular formula is C19H21Cl2NO4. The third-order valence-corrected chi connectivity index (χ3v) is 3.77. The van der Waals surface area contributed by atoms with Crippen molar-refractivity contribution < 1.29 is 19.4 Å². The number of hydrogen-bond donors (Lipinski definition) is 2. The van der Waals surface area contributed by atoms with E-state index in [-0.39, 0.29) is 18.0 Å². The summed E-state index contributed by atoms with van der Waals surface area (Å²) in [6.07, 6.45) is 1.64. The summed E-state index contributed by atoms with van der Waals surface area (Å²) in [5.41, 5.74) is 2.22. The number of carboxylic acids is 1. The molecule has 140 valence electrons. The Balaban J connectivity index is 0.00000338. The molecule has 0 saturated carbocycles. The van der Waals surface area contributed by atoms with Crippen LogP contribution in [0.25, 0.3) is 0 Å². The van der Waals surface area contributed by atoms with E-state index in [9.17, 15) is 4.79 Å². The normalized spacial score (nSPS) is 9.92. The van der Waals surface area contributed by atoms with Gasteiger partial charge in [-0.25, -0.2) is 4.79 Å². The summed E-state index contributed by atoms with van der Waals surface area (Å²) in [5, 5.41) is 12.7. The monoisotopic (exact) mass is 397 g/mol. The average molecular weight is 398 g/mol. The highest BCUT2D eigenvalue weighted by molar-refractivity contribution is 6.32. The minimum atomic E-state index is -0.931. The number of ether oxygens (including phenoxy) is 2. The van der Waals surface area contributed by atoms with Gasteiger partial charge in [-0.15, -0.1) is 12.4 Å². The second-order valence-corrected chi connectivity index (χ2v) is 5.72. The SMILES string of the molecule is C=CCOc1c(Cl)cc(CNCc2ccc(C(=O)O)cc2)cc1OC.Cl. The lowest BCUT2D eigenvalue weighted by Gasteiger charge is -2.13. The molecule has 7 heteroatoms. The van der Waals surface area contributed by atoms with Gasteiger partial charge in [-0.1, -0.05) is 36.4 Å². The predicted molar refractivity (Wildman–Crippen MR) is 105 cm³/mol. The van der Waals surface area contributed by atoms with Gasteiger partial charge in [0.1, 0.15) is 6.61 Å². The molecule has 0 aliphatic heterocycles. The Kier molecular flexibility index (Phi) is 8.99. The minimum Gasteiger partial charge on any atom is -0.493 e. The summed E-state index contributed by atoms with van der Waals surface area (Å²) in [5.74, 6) is 0.133. The fourth-order valence-corrected chi connectivity index (χ4v) is 2.56. The summed E-state index contributed by atoms with van der Waals surface area (Å²) in [4.78, 5) is 10.8. The van der Waals surface area contributed by atoms with Crippen molar-refractivity contribution in [2.24, 2.45) is 0 Å². The third kappa shape index (κ3) is 5.95. The molecule has 0 fully saturated rings. The Morgan fingerprint density at radius 3 is 2.46 bits per heavy atom. The zero-order valence-electron chi connectivity index (χ0n) is 14.3. The molecular weight excluding hydrogens is 377 g/mol. The van der Waals surface area contributed by atoms with Crippen LogP contribution < -0.4 is 14.8 Å². The van der Waals surface area contributed by atoms with E-state index in [0.717, 1.165) is 11.1 Å². The van der Waals surface area contributed by atoms with Crippen molar-refractivity contribution in [3.63, 3.8) is 0 Å². The number of halogens is 2. The topological polar surface area (TPSA) is 67.8 Å². The number of carbonyl (C=O) groups is 1. The van der Waals surface area contributed by atoms with Gasteiger partial charge < -0.3 is 19.9 Å². The van der Waals surface area contributed by atoms with Crippen LogP contribution in [-0.4, -0.2) is 24.8 Å². The first kappa shape index (κ1) is 21.8. The van der Waals surface area contributed by atoms with Crippen LogP contribution in [0.2, 0.25) is 5.02 Å². The van der Waals surface area contributed by atoms with Gasteiger partial charge in [0, 0.05) is 13.1 Å². The molecule has 0 saturated heterocycles. The smallest absolute Gasteiger partial charge is 0.335 e. The van der Waals surface area contributed by atoms with Crippen molar-refractivity contribution in [2.75, 3.05) is 13.7 Å². The summed E-state index contributed by atoms with van der Waals surface area (Å²) in [6, 6.07) is 10.4. The van der Waals surface area contributed by atoms with Gasteiger partial charge in [0.15, 0.2) is 11.5 Å².